The largest absolute Gasteiger partial charge is 0.376 e. The molecule has 1 rings (SSSR count). The van der Waals surface area contributed by atoms with E-state index in [-0.39, 0.29) is 0 Å². The zero-order valence-corrected chi connectivity index (χ0v) is 8.26. The Bertz CT molecular complexity index is 155. The van der Waals surface area contributed by atoms with Gasteiger partial charge in [0.25, 0.3) is 0 Å². The van der Waals surface area contributed by atoms with Crippen molar-refractivity contribution in [3.63, 3.8) is 0 Å². The minimum absolute atomic E-state index is 0.393. The maximum absolute atomic E-state index is 5.60. The molecule has 1 aliphatic heterocycles. The molecule has 0 spiro atoms. The monoisotopic (exact) mass is 169 g/mol. The standard InChI is InChI=1S/C10H19NO/c1-8(2)7-9(11-3)10-5-4-6-12-10/h7,9-11H,4-6H2,1-3H3. The number of allylic oxidation sites excluding steroid dienone is 1. The lowest BCUT2D eigenvalue weighted by atomic mass is 10.1. The number of nitrogens with one attached hydrogen (secondary N) is 1. The first kappa shape index (κ1) is 9.75. The maximum atomic E-state index is 5.60. The van der Waals surface area contributed by atoms with Gasteiger partial charge in [-0.25, -0.2) is 0 Å². The van der Waals surface area contributed by atoms with E-state index in [1.165, 1.54) is 18.4 Å². The number of rotatable bonds is 3. The normalized spacial score (nSPS) is 25.4. The summed E-state index contributed by atoms with van der Waals surface area (Å²) in [7, 11) is 1.99. The lowest BCUT2D eigenvalue weighted by molar-refractivity contribution is 0.0934. The third kappa shape index (κ3) is 2.61. The van der Waals surface area contributed by atoms with Crippen LogP contribution in [0.5, 0.6) is 0 Å². The molecule has 0 saturated carbocycles. The zero-order chi connectivity index (χ0) is 8.97. The second-order valence-corrected chi connectivity index (χ2v) is 3.61. The van der Waals surface area contributed by atoms with Gasteiger partial charge >= 0.3 is 0 Å². The van der Waals surface area contributed by atoms with Crippen molar-refractivity contribution >= 4 is 0 Å². The van der Waals surface area contributed by atoms with Gasteiger partial charge in [-0.15, -0.1) is 0 Å². The predicted octanol–water partition coefficient (Wildman–Crippen LogP) is 1.72. The molecule has 2 atom stereocenters. The second-order valence-electron chi connectivity index (χ2n) is 3.61. The van der Waals surface area contributed by atoms with E-state index in [1.54, 1.807) is 0 Å². The highest BCUT2D eigenvalue weighted by Gasteiger charge is 2.22. The zero-order valence-electron chi connectivity index (χ0n) is 8.26. The molecule has 0 bridgehead atoms. The van der Waals surface area contributed by atoms with Gasteiger partial charge in [0.05, 0.1) is 12.1 Å². The Morgan fingerprint density at radius 3 is 2.75 bits per heavy atom. The summed E-state index contributed by atoms with van der Waals surface area (Å²) >= 11 is 0. The number of likely N-dealkylation sites (N-methyl/N-ethyl adjacent to an activating group) is 1. The molecule has 0 aromatic heterocycles. The third-order valence-corrected chi connectivity index (χ3v) is 2.21. The van der Waals surface area contributed by atoms with E-state index in [2.05, 4.69) is 25.2 Å². The fraction of sp³-hybridized carbons (Fsp3) is 0.800. The molecule has 1 saturated heterocycles. The van der Waals surface area contributed by atoms with Crippen LogP contribution in [0.3, 0.4) is 0 Å². The molecule has 0 aromatic carbocycles. The third-order valence-electron chi connectivity index (χ3n) is 2.21. The summed E-state index contributed by atoms with van der Waals surface area (Å²) in [5.41, 5.74) is 1.35. The Labute approximate surface area is 75.0 Å². The van der Waals surface area contributed by atoms with Gasteiger partial charge in [-0.1, -0.05) is 11.6 Å². The quantitative estimate of drug-likeness (QED) is 0.649. The van der Waals surface area contributed by atoms with Crippen LogP contribution in [-0.4, -0.2) is 25.8 Å². The summed E-state index contributed by atoms with van der Waals surface area (Å²) in [6.07, 6.45) is 5.04. The van der Waals surface area contributed by atoms with Crippen LogP contribution in [0.15, 0.2) is 11.6 Å². The number of hydrogen-bond acceptors (Lipinski definition) is 2. The van der Waals surface area contributed by atoms with Crippen molar-refractivity contribution in [1.29, 1.82) is 0 Å². The highest BCUT2D eigenvalue weighted by atomic mass is 16.5. The fourth-order valence-corrected chi connectivity index (χ4v) is 1.62. The Kier molecular flexibility index (Phi) is 3.76. The molecule has 0 amide bonds. The Morgan fingerprint density at radius 2 is 2.33 bits per heavy atom. The van der Waals surface area contributed by atoms with Crippen molar-refractivity contribution in [3.8, 4) is 0 Å². The van der Waals surface area contributed by atoms with Crippen LogP contribution in [0.1, 0.15) is 26.7 Å². The molecule has 1 aliphatic rings. The van der Waals surface area contributed by atoms with Crippen molar-refractivity contribution < 1.29 is 4.74 Å². The van der Waals surface area contributed by atoms with Crippen LogP contribution in [0, 0.1) is 0 Å². The lowest BCUT2D eigenvalue weighted by Gasteiger charge is -2.19. The lowest BCUT2D eigenvalue weighted by Crippen LogP contribution is -2.35. The average molecular weight is 169 g/mol. The molecule has 12 heavy (non-hydrogen) atoms. The van der Waals surface area contributed by atoms with Gasteiger partial charge in [-0.2, -0.15) is 0 Å². The molecule has 2 heteroatoms. The molecule has 1 heterocycles. The SMILES string of the molecule is CNC(C=C(C)C)C1CCCO1. The highest BCUT2D eigenvalue weighted by molar-refractivity contribution is 5.04. The van der Waals surface area contributed by atoms with Gasteiger partial charge in [-0.05, 0) is 33.7 Å². The van der Waals surface area contributed by atoms with E-state index >= 15 is 0 Å². The summed E-state index contributed by atoms with van der Waals surface area (Å²) in [6.45, 7) is 5.18. The summed E-state index contributed by atoms with van der Waals surface area (Å²) in [5.74, 6) is 0. The highest BCUT2D eigenvalue weighted by Crippen LogP contribution is 2.16. The first-order chi connectivity index (χ1) is 5.74. The summed E-state index contributed by atoms with van der Waals surface area (Å²) in [4.78, 5) is 0. The predicted molar refractivity (Wildman–Crippen MR) is 51.3 cm³/mol. The molecule has 2 nitrogen and oxygen atoms in total. The molecular weight excluding hydrogens is 150 g/mol. The van der Waals surface area contributed by atoms with Crippen LogP contribution in [0.4, 0.5) is 0 Å². The van der Waals surface area contributed by atoms with Gasteiger partial charge < -0.3 is 10.1 Å². The molecule has 1 fully saturated rings. The van der Waals surface area contributed by atoms with Crippen LogP contribution < -0.4 is 5.32 Å². The van der Waals surface area contributed by atoms with E-state index in [4.69, 9.17) is 4.74 Å². The molecule has 70 valence electrons. The van der Waals surface area contributed by atoms with E-state index in [0.29, 0.717) is 12.1 Å². The van der Waals surface area contributed by atoms with Crippen LogP contribution >= 0.6 is 0 Å². The average Bonchev–Trinajstić information content (AvgIpc) is 2.51. The Hall–Kier alpha value is -0.340. The van der Waals surface area contributed by atoms with Crippen LogP contribution in [0.2, 0.25) is 0 Å². The Balaban J connectivity index is 2.49. The van der Waals surface area contributed by atoms with Gasteiger partial charge in [0.2, 0.25) is 0 Å². The molecule has 2 unspecified atom stereocenters. The maximum Gasteiger partial charge on any atom is 0.0764 e. The van der Waals surface area contributed by atoms with E-state index in [0.717, 1.165) is 6.61 Å². The molecule has 0 radical (unpaired) electrons. The van der Waals surface area contributed by atoms with E-state index in [9.17, 15) is 0 Å². The van der Waals surface area contributed by atoms with Crippen molar-refractivity contribution in [1.82, 2.24) is 5.32 Å². The van der Waals surface area contributed by atoms with Gasteiger partial charge in [0, 0.05) is 6.61 Å². The first-order valence-corrected chi connectivity index (χ1v) is 4.68. The topological polar surface area (TPSA) is 21.3 Å². The van der Waals surface area contributed by atoms with Gasteiger partial charge in [-0.3, -0.25) is 0 Å². The van der Waals surface area contributed by atoms with Crippen molar-refractivity contribution in [2.24, 2.45) is 0 Å². The van der Waals surface area contributed by atoms with Crippen molar-refractivity contribution in [3.05, 3.63) is 11.6 Å². The fourth-order valence-electron chi connectivity index (χ4n) is 1.62. The van der Waals surface area contributed by atoms with Crippen LogP contribution in [-0.2, 0) is 4.74 Å². The smallest absolute Gasteiger partial charge is 0.0764 e. The second kappa shape index (κ2) is 4.63. The molecular formula is C10H19NO. The summed E-state index contributed by atoms with van der Waals surface area (Å²) < 4.78 is 5.60. The molecule has 0 aromatic rings. The number of ether oxygens (including phenoxy) is 1. The van der Waals surface area contributed by atoms with E-state index < -0.39 is 0 Å². The van der Waals surface area contributed by atoms with Crippen molar-refractivity contribution in [2.45, 2.75) is 38.8 Å². The molecule has 0 aliphatic carbocycles. The minimum Gasteiger partial charge on any atom is -0.376 e. The Morgan fingerprint density at radius 1 is 1.58 bits per heavy atom. The summed E-state index contributed by atoms with van der Waals surface area (Å²) in [5, 5.41) is 3.27. The minimum atomic E-state index is 0.393. The number of hydrogen-bond donors (Lipinski definition) is 1. The van der Waals surface area contributed by atoms with Gasteiger partial charge in [0.15, 0.2) is 0 Å². The van der Waals surface area contributed by atoms with Gasteiger partial charge in [0.1, 0.15) is 0 Å². The van der Waals surface area contributed by atoms with Crippen molar-refractivity contribution in [2.75, 3.05) is 13.7 Å². The first-order valence-electron chi connectivity index (χ1n) is 4.68. The van der Waals surface area contributed by atoms with E-state index in [1.807, 2.05) is 7.05 Å². The molecule has 1 N–H and O–H groups in total. The summed E-state index contributed by atoms with van der Waals surface area (Å²) in [6, 6.07) is 0.400. The van der Waals surface area contributed by atoms with Crippen LogP contribution in [0.25, 0.3) is 0 Å².